The van der Waals surface area contributed by atoms with E-state index in [2.05, 4.69) is 21.9 Å². The lowest BCUT2D eigenvalue weighted by atomic mass is 10.2. The molecule has 0 spiro atoms. The minimum atomic E-state index is 0.0811. The summed E-state index contributed by atoms with van der Waals surface area (Å²) in [4.78, 5) is 18.2. The minimum Gasteiger partial charge on any atom is -0.356 e. The number of likely N-dealkylation sites (tertiary alicyclic amines) is 1. The van der Waals surface area contributed by atoms with Crippen molar-refractivity contribution >= 4 is 23.6 Å². The fourth-order valence-corrected chi connectivity index (χ4v) is 2.90. The molecule has 0 bridgehead atoms. The van der Waals surface area contributed by atoms with Crippen LogP contribution in [0.2, 0.25) is 0 Å². The number of carbonyl (C=O) groups is 1. The van der Waals surface area contributed by atoms with Gasteiger partial charge in [0, 0.05) is 38.6 Å². The Morgan fingerprint density at radius 1 is 1.43 bits per heavy atom. The molecule has 2 N–H and O–H groups in total. The lowest BCUT2D eigenvalue weighted by Crippen LogP contribution is -2.45. The van der Waals surface area contributed by atoms with Gasteiger partial charge in [0.2, 0.25) is 5.91 Å². The van der Waals surface area contributed by atoms with E-state index < -0.39 is 0 Å². The third kappa shape index (κ3) is 6.59. The quantitative estimate of drug-likeness (QED) is 0.425. The maximum atomic E-state index is 12.0. The van der Waals surface area contributed by atoms with Gasteiger partial charge in [0.05, 0.1) is 0 Å². The predicted molar refractivity (Wildman–Crippen MR) is 91.9 cm³/mol. The Labute approximate surface area is 133 Å². The zero-order valence-electron chi connectivity index (χ0n) is 13.8. The van der Waals surface area contributed by atoms with Gasteiger partial charge in [-0.05, 0) is 31.3 Å². The summed E-state index contributed by atoms with van der Waals surface area (Å²) in [5, 5.41) is 6.77. The summed E-state index contributed by atoms with van der Waals surface area (Å²) in [6, 6.07) is 0.310. The molecule has 1 unspecified atom stereocenters. The van der Waals surface area contributed by atoms with Crippen molar-refractivity contribution in [1.29, 1.82) is 0 Å². The van der Waals surface area contributed by atoms with E-state index >= 15 is 0 Å². The van der Waals surface area contributed by atoms with E-state index in [9.17, 15) is 4.79 Å². The molecule has 1 fully saturated rings. The minimum absolute atomic E-state index is 0.0811. The summed E-state index contributed by atoms with van der Waals surface area (Å²) >= 11 is 1.89. The highest BCUT2D eigenvalue weighted by Crippen LogP contribution is 2.12. The molecule has 1 atom stereocenters. The van der Waals surface area contributed by atoms with Gasteiger partial charge in [-0.3, -0.25) is 9.79 Å². The number of nitrogens with one attached hydrogen (secondary N) is 2. The molecule has 5 nitrogen and oxygen atoms in total. The zero-order valence-corrected chi connectivity index (χ0v) is 14.6. The normalized spacial score (nSPS) is 19.2. The summed E-state index contributed by atoms with van der Waals surface area (Å²) in [7, 11) is 1.79. The van der Waals surface area contributed by atoms with Crippen LogP contribution in [0.4, 0.5) is 0 Å². The summed E-state index contributed by atoms with van der Waals surface area (Å²) in [6.07, 6.45) is 5.51. The van der Waals surface area contributed by atoms with Crippen LogP contribution in [0.5, 0.6) is 0 Å². The van der Waals surface area contributed by atoms with Crippen LogP contribution in [0.15, 0.2) is 4.99 Å². The van der Waals surface area contributed by atoms with Crippen molar-refractivity contribution in [1.82, 2.24) is 15.5 Å². The number of thioether (sulfide) groups is 1. The topological polar surface area (TPSA) is 56.7 Å². The highest BCUT2D eigenvalue weighted by Gasteiger charge is 2.27. The molecule has 0 aromatic rings. The fraction of sp³-hybridized carbons (Fsp3) is 0.867. The van der Waals surface area contributed by atoms with Crippen molar-refractivity contribution < 1.29 is 4.79 Å². The number of hydrogen-bond acceptors (Lipinski definition) is 3. The first kappa shape index (κ1) is 18.1. The zero-order chi connectivity index (χ0) is 15.7. The highest BCUT2D eigenvalue weighted by molar-refractivity contribution is 7.98. The van der Waals surface area contributed by atoms with Gasteiger partial charge in [0.25, 0.3) is 0 Å². The van der Waals surface area contributed by atoms with Crippen molar-refractivity contribution in [3.05, 3.63) is 0 Å². The Bertz CT molecular complexity index is 347. The number of unbranched alkanes of at least 4 members (excludes halogenated alkanes) is 1. The molecule has 6 heteroatoms. The second-order valence-corrected chi connectivity index (χ2v) is 6.75. The number of nitrogens with zero attached hydrogens (tertiary/aromatic N) is 2. The number of aliphatic imine (C=N–C) groups is 1. The molecule has 122 valence electrons. The Morgan fingerprint density at radius 2 is 2.19 bits per heavy atom. The van der Waals surface area contributed by atoms with Crippen molar-refractivity contribution in [2.45, 2.75) is 39.2 Å². The second kappa shape index (κ2) is 9.92. The molecule has 0 aromatic carbocycles. The summed E-state index contributed by atoms with van der Waals surface area (Å²) in [5.41, 5.74) is 0. The van der Waals surface area contributed by atoms with Crippen molar-refractivity contribution in [2.75, 3.05) is 38.7 Å². The summed E-state index contributed by atoms with van der Waals surface area (Å²) in [6.45, 7) is 6.49. The number of amides is 1. The van der Waals surface area contributed by atoms with Gasteiger partial charge in [-0.15, -0.1) is 0 Å². The molecular formula is C15H30N4OS. The standard InChI is InChI=1S/C15H30N4OS/c1-12(2)14(20)19-9-7-13(11-19)18-15(16-3)17-8-5-6-10-21-4/h12-13H,5-11H2,1-4H3,(H2,16,17,18). The Morgan fingerprint density at radius 3 is 2.81 bits per heavy atom. The van der Waals surface area contributed by atoms with Crippen molar-refractivity contribution in [3.8, 4) is 0 Å². The van der Waals surface area contributed by atoms with Gasteiger partial charge in [0.15, 0.2) is 5.96 Å². The number of rotatable bonds is 7. The summed E-state index contributed by atoms with van der Waals surface area (Å²) in [5.74, 6) is 2.39. The Balaban J connectivity index is 2.27. The summed E-state index contributed by atoms with van der Waals surface area (Å²) < 4.78 is 0. The average molecular weight is 314 g/mol. The lowest BCUT2D eigenvalue weighted by Gasteiger charge is -2.20. The van der Waals surface area contributed by atoms with Gasteiger partial charge >= 0.3 is 0 Å². The molecule has 1 heterocycles. The number of guanidine groups is 1. The lowest BCUT2D eigenvalue weighted by molar-refractivity contribution is -0.133. The second-order valence-electron chi connectivity index (χ2n) is 5.77. The van der Waals surface area contributed by atoms with Crippen LogP contribution in [-0.2, 0) is 4.79 Å². The van der Waals surface area contributed by atoms with Gasteiger partial charge < -0.3 is 15.5 Å². The first-order valence-electron chi connectivity index (χ1n) is 7.83. The van der Waals surface area contributed by atoms with Gasteiger partial charge in [0.1, 0.15) is 0 Å². The largest absolute Gasteiger partial charge is 0.356 e. The third-order valence-electron chi connectivity index (χ3n) is 3.63. The molecule has 1 aliphatic rings. The molecule has 1 rings (SSSR count). The molecule has 0 saturated carbocycles. The van der Waals surface area contributed by atoms with Crippen LogP contribution in [0.3, 0.4) is 0 Å². The smallest absolute Gasteiger partial charge is 0.225 e. The SMILES string of the molecule is CN=C(NCCCCSC)NC1CCN(C(=O)C(C)C)C1. The number of hydrogen-bond donors (Lipinski definition) is 2. The van der Waals surface area contributed by atoms with E-state index in [1.807, 2.05) is 30.5 Å². The van der Waals surface area contributed by atoms with Gasteiger partial charge in [-0.1, -0.05) is 13.8 Å². The molecule has 0 radical (unpaired) electrons. The van der Waals surface area contributed by atoms with Gasteiger partial charge in [-0.25, -0.2) is 0 Å². The predicted octanol–water partition coefficient (Wildman–Crippen LogP) is 1.55. The fourth-order valence-electron chi connectivity index (χ4n) is 2.41. The van der Waals surface area contributed by atoms with Crippen LogP contribution in [0, 0.1) is 5.92 Å². The van der Waals surface area contributed by atoms with E-state index in [4.69, 9.17) is 0 Å². The molecule has 0 aromatic heterocycles. The first-order valence-corrected chi connectivity index (χ1v) is 9.22. The third-order valence-corrected chi connectivity index (χ3v) is 4.32. The Hall–Kier alpha value is -0.910. The van der Waals surface area contributed by atoms with E-state index in [0.29, 0.717) is 6.04 Å². The molecule has 1 amide bonds. The van der Waals surface area contributed by atoms with Crippen LogP contribution in [0.1, 0.15) is 33.1 Å². The number of carbonyl (C=O) groups excluding carboxylic acids is 1. The van der Waals surface area contributed by atoms with E-state index in [0.717, 1.165) is 38.4 Å². The first-order chi connectivity index (χ1) is 10.1. The molecular weight excluding hydrogens is 284 g/mol. The van der Waals surface area contributed by atoms with Crippen LogP contribution >= 0.6 is 11.8 Å². The maximum absolute atomic E-state index is 12.0. The van der Waals surface area contributed by atoms with Gasteiger partial charge in [-0.2, -0.15) is 11.8 Å². The molecule has 1 aliphatic heterocycles. The highest BCUT2D eigenvalue weighted by atomic mass is 32.2. The van der Waals surface area contributed by atoms with Crippen molar-refractivity contribution in [2.24, 2.45) is 10.9 Å². The molecule has 1 saturated heterocycles. The van der Waals surface area contributed by atoms with Crippen molar-refractivity contribution in [3.63, 3.8) is 0 Å². The van der Waals surface area contributed by atoms with Crippen LogP contribution in [0.25, 0.3) is 0 Å². The monoisotopic (exact) mass is 314 g/mol. The van der Waals surface area contributed by atoms with Crippen LogP contribution < -0.4 is 10.6 Å². The van der Waals surface area contributed by atoms with E-state index in [-0.39, 0.29) is 11.8 Å². The molecule has 0 aliphatic carbocycles. The van der Waals surface area contributed by atoms with Crippen LogP contribution in [-0.4, -0.2) is 61.5 Å². The average Bonchev–Trinajstić information content (AvgIpc) is 2.93. The Kier molecular flexibility index (Phi) is 8.57. The van der Waals surface area contributed by atoms with E-state index in [1.54, 1.807) is 7.05 Å². The van der Waals surface area contributed by atoms with E-state index in [1.165, 1.54) is 12.2 Å². The maximum Gasteiger partial charge on any atom is 0.225 e. The molecule has 21 heavy (non-hydrogen) atoms.